The molecule has 1 aliphatic rings. The van der Waals surface area contributed by atoms with E-state index in [4.69, 9.17) is 33.2 Å². The molecule has 1 saturated heterocycles. The van der Waals surface area contributed by atoms with E-state index in [1.54, 1.807) is 31.2 Å². The molecule has 4 rings (SSSR count). The molecule has 3 aromatic rings. The van der Waals surface area contributed by atoms with E-state index in [0.717, 1.165) is 0 Å². The molecule has 0 spiro atoms. The average molecular weight is 595 g/mol. The summed E-state index contributed by atoms with van der Waals surface area (Å²) in [6.07, 6.45) is -1.00. The Morgan fingerprint density at radius 1 is 0.953 bits per heavy atom. The van der Waals surface area contributed by atoms with Gasteiger partial charge in [-0.3, -0.25) is 9.59 Å². The van der Waals surface area contributed by atoms with Crippen molar-refractivity contribution in [2.24, 2.45) is 0 Å². The van der Waals surface area contributed by atoms with Crippen molar-refractivity contribution in [2.75, 3.05) is 34.0 Å². The molecule has 0 saturated carbocycles. The Morgan fingerprint density at radius 3 is 2.28 bits per heavy atom. The Balaban J connectivity index is 1.54. The topological polar surface area (TPSA) is 141 Å². The molecule has 0 aliphatic carbocycles. The van der Waals surface area contributed by atoms with Gasteiger partial charge in [0.05, 0.1) is 33.4 Å². The van der Waals surface area contributed by atoms with Crippen molar-refractivity contribution >= 4 is 17.8 Å². The summed E-state index contributed by atoms with van der Waals surface area (Å²) >= 11 is 0. The Bertz CT molecular complexity index is 1360. The van der Waals surface area contributed by atoms with Gasteiger partial charge < -0.3 is 38.5 Å². The van der Waals surface area contributed by atoms with E-state index in [1.807, 2.05) is 36.4 Å². The van der Waals surface area contributed by atoms with Gasteiger partial charge in [-0.05, 0) is 31.2 Å². The number of benzene rings is 2. The second kappa shape index (κ2) is 15.5. The number of para-hydroxylation sites is 2. The Morgan fingerprint density at radius 2 is 1.63 bits per heavy atom. The van der Waals surface area contributed by atoms with Gasteiger partial charge in [0.15, 0.2) is 29.7 Å². The third kappa shape index (κ3) is 8.66. The number of esters is 2. The number of aromatic nitrogens is 1. The van der Waals surface area contributed by atoms with Crippen molar-refractivity contribution in [1.29, 1.82) is 0 Å². The fraction of sp³-hybridized carbons (Fsp3) is 0.355. The number of hydrogen-bond donors (Lipinski definition) is 1. The number of hydrogen-bond acceptors (Lipinski definition) is 11. The van der Waals surface area contributed by atoms with Gasteiger partial charge in [0.25, 0.3) is 5.91 Å². The number of pyridine rings is 1. The van der Waals surface area contributed by atoms with E-state index in [-0.39, 0.29) is 43.4 Å². The quantitative estimate of drug-likeness (QED) is 0.328. The standard InChI is InChI=1S/C31H34N2O10/c1-20-28(42-22-12-8-5-9-13-22)25(41-21-10-6-4-7-11-21)19-39-18-23(31(36)40-20)33-30(35)27-29(24(38-3)14-16-32-27)43-26(34)15-17-37-2/h4-14,16,20,23,25,28H,15,17-19H2,1-3H3,(H,33,35)/t20-,23-,25-,28-/m0/s1. The molecule has 12 nitrogen and oxygen atoms in total. The molecule has 12 heteroatoms. The van der Waals surface area contributed by atoms with Crippen LogP contribution >= 0.6 is 0 Å². The summed E-state index contributed by atoms with van der Waals surface area (Å²) in [5.41, 5.74) is -0.263. The molecule has 228 valence electrons. The molecule has 2 aromatic carbocycles. The van der Waals surface area contributed by atoms with Gasteiger partial charge in [0, 0.05) is 19.4 Å². The van der Waals surface area contributed by atoms with Crippen molar-refractivity contribution in [3.8, 4) is 23.0 Å². The van der Waals surface area contributed by atoms with Crippen molar-refractivity contribution < 1.29 is 47.5 Å². The lowest BCUT2D eigenvalue weighted by atomic mass is 10.1. The van der Waals surface area contributed by atoms with Gasteiger partial charge in [-0.1, -0.05) is 36.4 Å². The lowest BCUT2D eigenvalue weighted by Gasteiger charge is -2.31. The van der Waals surface area contributed by atoms with Crippen LogP contribution in [-0.4, -0.2) is 81.2 Å². The van der Waals surface area contributed by atoms with Crippen LogP contribution in [0.4, 0.5) is 0 Å². The maximum atomic E-state index is 13.4. The molecule has 4 atom stereocenters. The smallest absolute Gasteiger partial charge is 0.331 e. The summed E-state index contributed by atoms with van der Waals surface area (Å²) in [6.45, 7) is 1.57. The fourth-order valence-corrected chi connectivity index (χ4v) is 4.23. The first-order valence-corrected chi connectivity index (χ1v) is 13.6. The Labute approximate surface area is 249 Å². The van der Waals surface area contributed by atoms with Crippen LogP contribution in [0.1, 0.15) is 23.8 Å². The number of carbonyl (C=O) groups is 3. The van der Waals surface area contributed by atoms with Crippen molar-refractivity contribution in [3.63, 3.8) is 0 Å². The maximum Gasteiger partial charge on any atom is 0.331 e. The van der Waals surface area contributed by atoms with Gasteiger partial charge in [0.2, 0.25) is 5.75 Å². The number of ether oxygens (including phenoxy) is 7. The fourth-order valence-electron chi connectivity index (χ4n) is 4.23. The molecular weight excluding hydrogens is 560 g/mol. The van der Waals surface area contributed by atoms with Gasteiger partial charge in [-0.15, -0.1) is 0 Å². The molecule has 0 radical (unpaired) electrons. The van der Waals surface area contributed by atoms with E-state index >= 15 is 0 Å². The molecule has 1 N–H and O–H groups in total. The zero-order valence-electron chi connectivity index (χ0n) is 24.1. The maximum absolute atomic E-state index is 13.4. The van der Waals surface area contributed by atoms with E-state index in [9.17, 15) is 14.4 Å². The molecule has 1 amide bonds. The molecule has 1 aromatic heterocycles. The van der Waals surface area contributed by atoms with Crippen LogP contribution in [0.3, 0.4) is 0 Å². The monoisotopic (exact) mass is 594 g/mol. The second-order valence-corrected chi connectivity index (χ2v) is 9.48. The lowest BCUT2D eigenvalue weighted by Crippen LogP contribution is -2.48. The zero-order valence-corrected chi connectivity index (χ0v) is 24.1. The first-order valence-electron chi connectivity index (χ1n) is 13.6. The highest BCUT2D eigenvalue weighted by Crippen LogP contribution is 2.30. The minimum absolute atomic E-state index is 0.0134. The number of rotatable bonds is 11. The SMILES string of the molecule is COCCC(=O)Oc1c(OC)ccnc1C(=O)N[C@H]1COC[C@H](Oc2ccccc2)[C@@H](Oc2ccccc2)[C@H](C)OC1=O. The number of methoxy groups -OCH3 is 2. The summed E-state index contributed by atoms with van der Waals surface area (Å²) in [5, 5.41) is 2.58. The molecular formula is C31H34N2O10. The van der Waals surface area contributed by atoms with Gasteiger partial charge in [-0.25, -0.2) is 9.78 Å². The highest BCUT2D eigenvalue weighted by molar-refractivity contribution is 5.98. The highest BCUT2D eigenvalue weighted by Gasteiger charge is 2.38. The second-order valence-electron chi connectivity index (χ2n) is 9.48. The summed E-state index contributed by atoms with van der Waals surface area (Å²) in [6, 6.07) is 18.4. The molecule has 43 heavy (non-hydrogen) atoms. The normalized spacial score (nSPS) is 20.4. The van der Waals surface area contributed by atoms with Crippen molar-refractivity contribution in [3.05, 3.63) is 78.6 Å². The summed E-state index contributed by atoms with van der Waals surface area (Å²) in [4.78, 5) is 43.0. The highest BCUT2D eigenvalue weighted by atomic mass is 16.6. The predicted octanol–water partition coefficient (Wildman–Crippen LogP) is 2.99. The van der Waals surface area contributed by atoms with Crippen LogP contribution in [0.25, 0.3) is 0 Å². The van der Waals surface area contributed by atoms with Crippen LogP contribution < -0.4 is 24.3 Å². The molecule has 0 unspecified atom stereocenters. The van der Waals surface area contributed by atoms with E-state index in [1.165, 1.54) is 26.5 Å². The van der Waals surface area contributed by atoms with Crippen LogP contribution in [0, 0.1) is 0 Å². The first kappa shape index (κ1) is 31.3. The van der Waals surface area contributed by atoms with Crippen molar-refractivity contribution in [1.82, 2.24) is 10.3 Å². The van der Waals surface area contributed by atoms with Crippen molar-refractivity contribution in [2.45, 2.75) is 37.7 Å². The van der Waals surface area contributed by atoms with Gasteiger partial charge >= 0.3 is 11.9 Å². The predicted molar refractivity (Wildman–Crippen MR) is 152 cm³/mol. The van der Waals surface area contributed by atoms with Gasteiger partial charge in [-0.2, -0.15) is 0 Å². The Kier molecular flexibility index (Phi) is 11.3. The summed E-state index contributed by atoms with van der Waals surface area (Å²) in [7, 11) is 2.80. The molecule has 1 fully saturated rings. The zero-order chi connectivity index (χ0) is 30.6. The van der Waals surface area contributed by atoms with Crippen LogP contribution in [0.2, 0.25) is 0 Å². The third-order valence-corrected chi connectivity index (χ3v) is 6.36. The summed E-state index contributed by atoms with van der Waals surface area (Å²) < 4.78 is 39.7. The minimum atomic E-state index is -1.23. The number of nitrogens with one attached hydrogen (secondary N) is 1. The summed E-state index contributed by atoms with van der Waals surface area (Å²) in [5.74, 6) is -1.17. The largest absolute Gasteiger partial charge is 0.493 e. The average Bonchev–Trinajstić information content (AvgIpc) is 3.06. The Hall–Kier alpha value is -4.68. The number of cyclic esters (lactones) is 1. The molecule has 1 aliphatic heterocycles. The van der Waals surface area contributed by atoms with Crippen LogP contribution in [0.15, 0.2) is 72.9 Å². The minimum Gasteiger partial charge on any atom is -0.493 e. The van der Waals surface area contributed by atoms with Crippen LogP contribution in [-0.2, 0) is 23.8 Å². The molecule has 0 bridgehead atoms. The van der Waals surface area contributed by atoms with E-state index < -0.39 is 42.2 Å². The lowest BCUT2D eigenvalue weighted by molar-refractivity contribution is -0.156. The van der Waals surface area contributed by atoms with Crippen LogP contribution in [0.5, 0.6) is 23.0 Å². The number of amides is 1. The van der Waals surface area contributed by atoms with E-state index in [0.29, 0.717) is 11.5 Å². The third-order valence-electron chi connectivity index (χ3n) is 6.36. The van der Waals surface area contributed by atoms with E-state index in [2.05, 4.69) is 10.3 Å². The molecule has 2 heterocycles. The number of nitrogens with zero attached hydrogens (tertiary/aromatic N) is 1. The first-order chi connectivity index (χ1) is 20.9. The van der Waals surface area contributed by atoms with Gasteiger partial charge in [0.1, 0.15) is 17.6 Å². The number of carbonyl (C=O) groups excluding carboxylic acids is 3.